The monoisotopic (exact) mass is 1420 g/mol. The van der Waals surface area contributed by atoms with Crippen LogP contribution in [0.3, 0.4) is 0 Å². The molecule has 0 rings (SSSR count). The highest BCUT2D eigenvalue weighted by molar-refractivity contribution is 6.61. The summed E-state index contributed by atoms with van der Waals surface area (Å²) in [6, 6.07) is 0.145. The SMILES string of the molecule is COC(F)(F)COCC(F)(F)CC(F)(F)CC(F)(F)OC(F)(F)COCC(F)(F)CC(F)(F)OC(F)(F)COCC(F)(F)CC(CCC[Si](OC)(OC)OC)(CCC[Si](OC)(OC)OC)OC(=O)C(CCC[Si](OC)(OC)OC)CCC[Si](OC)(OC)OC. The maximum atomic E-state index is 16.6. The molecule has 0 saturated heterocycles. The number of methoxy groups -OCH3 is 1. The van der Waals surface area contributed by atoms with E-state index in [-0.39, 0.29) is 62.7 Å². The van der Waals surface area contributed by atoms with Gasteiger partial charge in [-0.15, -0.1) is 0 Å². The van der Waals surface area contributed by atoms with Gasteiger partial charge in [-0.25, -0.2) is 35.1 Å². The number of carbonyl (C=O) groups excluding carboxylic acids is 1. The third-order valence-corrected chi connectivity index (χ3v) is 24.7. The van der Waals surface area contributed by atoms with Gasteiger partial charge in [0.25, 0.3) is 23.7 Å². The fourth-order valence-corrected chi connectivity index (χ4v) is 15.9. The number of esters is 1. The summed E-state index contributed by atoms with van der Waals surface area (Å²) in [4.78, 5) is 14.7. The first-order chi connectivity index (χ1) is 40.8. The summed E-state index contributed by atoms with van der Waals surface area (Å²) < 4.78 is 354. The van der Waals surface area contributed by atoms with Crippen molar-refractivity contribution in [2.75, 3.05) is 132 Å². The van der Waals surface area contributed by atoms with Crippen molar-refractivity contribution in [2.24, 2.45) is 5.92 Å². The van der Waals surface area contributed by atoms with Crippen molar-refractivity contribution in [3.8, 4) is 0 Å². The molecule has 0 saturated carbocycles. The van der Waals surface area contributed by atoms with Gasteiger partial charge in [-0.2, -0.15) is 43.9 Å². The minimum Gasteiger partial charge on any atom is -0.459 e. The standard InChI is InChI=1S/C47H84F18O20Si4/c1-67-45(60,61)33-80-31-41(52,53)27-39(48,49)28-43(56,57)84-46(62,63)35-82-32-42(54,55)29-44(58,59)85-47(64,65)34-81-30-40(50,51)26-38(20-16-24-88(74-8,75-9)76-10,21-17-25-89(77-11,78-12)79-13)83-37(66)36(18-14-22-86(68-2,69-3)70-4)19-15-23-87(71-5,72-6)73-7/h36H,14-35H2,1-13H3. The second-order valence-corrected chi connectivity index (χ2v) is 32.5. The van der Waals surface area contributed by atoms with Gasteiger partial charge in [-0.1, -0.05) is 0 Å². The van der Waals surface area contributed by atoms with E-state index in [0.717, 1.165) is 0 Å². The number of rotatable bonds is 55. The number of ether oxygens (including phenoxy) is 7. The molecule has 0 heterocycles. The lowest BCUT2D eigenvalue weighted by molar-refractivity contribution is -0.402. The minimum absolute atomic E-state index is 0.0148. The van der Waals surface area contributed by atoms with Crippen LogP contribution in [0.4, 0.5) is 79.0 Å². The van der Waals surface area contributed by atoms with Gasteiger partial charge in [0.2, 0.25) is 0 Å². The molecule has 0 fully saturated rings. The van der Waals surface area contributed by atoms with Crippen LogP contribution in [0, 0.1) is 5.92 Å². The van der Waals surface area contributed by atoms with Gasteiger partial charge in [-0.3, -0.25) is 14.3 Å². The van der Waals surface area contributed by atoms with E-state index in [1.165, 1.54) is 85.3 Å². The third kappa shape index (κ3) is 33.1. The van der Waals surface area contributed by atoms with Crippen molar-refractivity contribution in [1.82, 2.24) is 0 Å². The highest BCUT2D eigenvalue weighted by Crippen LogP contribution is 2.44. The molecule has 0 spiro atoms. The summed E-state index contributed by atoms with van der Waals surface area (Å²) in [6.45, 7) is -14.2. The maximum Gasteiger partial charge on any atom is 0.500 e. The molecule has 0 bridgehead atoms. The molecule has 0 amide bonds. The molecule has 0 aliphatic carbocycles. The molecule has 0 aromatic heterocycles. The molecular weight excluding hydrogens is 1340 g/mol. The summed E-state index contributed by atoms with van der Waals surface area (Å²) in [5.41, 5.74) is -2.30. The lowest BCUT2D eigenvalue weighted by Gasteiger charge is -2.39. The second-order valence-electron chi connectivity index (χ2n) is 20.2. The van der Waals surface area contributed by atoms with Gasteiger partial charge in [0.1, 0.15) is 58.1 Å². The van der Waals surface area contributed by atoms with E-state index in [4.69, 9.17) is 57.8 Å². The molecule has 0 unspecified atom stereocenters. The molecular formula is C47H84F18O20Si4. The first-order valence-electron chi connectivity index (χ1n) is 26.7. The molecule has 42 heteroatoms. The Labute approximate surface area is 509 Å². The van der Waals surface area contributed by atoms with E-state index in [1.807, 2.05) is 0 Å². The zero-order chi connectivity index (χ0) is 69.1. The Morgan fingerprint density at radius 1 is 0.326 bits per heavy atom. The Hall–Kier alpha value is -1.64. The van der Waals surface area contributed by atoms with Crippen molar-refractivity contribution in [1.29, 1.82) is 0 Å². The van der Waals surface area contributed by atoms with Crippen molar-refractivity contribution in [2.45, 2.75) is 161 Å². The van der Waals surface area contributed by atoms with E-state index < -0.39 is 185 Å². The third-order valence-electron chi connectivity index (χ3n) is 13.4. The van der Waals surface area contributed by atoms with Crippen LogP contribution in [0.1, 0.15) is 77.0 Å². The van der Waals surface area contributed by atoms with Crippen molar-refractivity contribution in [3.05, 3.63) is 0 Å². The van der Waals surface area contributed by atoms with Gasteiger partial charge >= 0.3 is 71.7 Å². The van der Waals surface area contributed by atoms with Crippen LogP contribution in [-0.2, 0) is 91.1 Å². The van der Waals surface area contributed by atoms with Gasteiger partial charge in [0, 0.05) is 117 Å². The number of halogens is 18. The largest absolute Gasteiger partial charge is 0.500 e. The van der Waals surface area contributed by atoms with Gasteiger partial charge in [0.05, 0.1) is 18.8 Å². The minimum atomic E-state index is -5.79. The molecule has 534 valence electrons. The molecule has 0 N–H and O–H groups in total. The zero-order valence-electron chi connectivity index (χ0n) is 51.6. The average molecular weight is 1420 g/mol. The van der Waals surface area contributed by atoms with Crippen LogP contribution >= 0.6 is 0 Å². The molecule has 89 heavy (non-hydrogen) atoms. The van der Waals surface area contributed by atoms with Crippen molar-refractivity contribution < 1.29 is 170 Å². The van der Waals surface area contributed by atoms with Crippen LogP contribution in [-0.4, -0.2) is 233 Å². The van der Waals surface area contributed by atoms with E-state index in [9.17, 15) is 75.0 Å². The lowest BCUT2D eigenvalue weighted by Crippen LogP contribution is -2.47. The maximum absolute atomic E-state index is 16.6. The predicted octanol–water partition coefficient (Wildman–Crippen LogP) is 11.3. The van der Waals surface area contributed by atoms with Crippen LogP contribution in [0.2, 0.25) is 24.2 Å². The predicted molar refractivity (Wildman–Crippen MR) is 280 cm³/mol. The van der Waals surface area contributed by atoms with Gasteiger partial charge in [-0.05, 0) is 51.4 Å². The van der Waals surface area contributed by atoms with Gasteiger partial charge < -0.3 is 76.8 Å². The molecule has 20 nitrogen and oxygen atoms in total. The van der Waals surface area contributed by atoms with Crippen LogP contribution in [0.5, 0.6) is 0 Å². The molecule has 0 aliphatic rings. The topological polar surface area (TPSA) is 192 Å². The average Bonchev–Trinajstić information content (AvgIpc) is 3.01. The Kier molecular flexibility index (Phi) is 36.9. The summed E-state index contributed by atoms with van der Waals surface area (Å²) in [7, 11) is 2.48. The molecule has 0 aromatic carbocycles. The smallest absolute Gasteiger partial charge is 0.459 e. The van der Waals surface area contributed by atoms with Crippen molar-refractivity contribution in [3.63, 3.8) is 0 Å². The Balaban J connectivity index is 6.75. The second kappa shape index (κ2) is 37.6. The highest BCUT2D eigenvalue weighted by Gasteiger charge is 2.56. The molecule has 0 aliphatic heterocycles. The Morgan fingerprint density at radius 2 is 0.596 bits per heavy atom. The normalized spacial score (nSPS) is 14.6. The zero-order valence-corrected chi connectivity index (χ0v) is 55.6. The van der Waals surface area contributed by atoms with Crippen LogP contribution in [0.25, 0.3) is 0 Å². The molecule has 0 aromatic rings. The number of carbonyl (C=O) groups is 1. The summed E-state index contributed by atoms with van der Waals surface area (Å²) in [5.74, 6) is -21.8. The first-order valence-corrected chi connectivity index (χ1v) is 34.4. The van der Waals surface area contributed by atoms with E-state index >= 15 is 8.78 Å². The first kappa shape index (κ1) is 87.4. The van der Waals surface area contributed by atoms with E-state index in [0.29, 0.717) is 7.11 Å². The fourth-order valence-electron chi connectivity index (χ4n) is 8.98. The number of hydrogen-bond donors (Lipinski definition) is 0. The molecule has 0 atom stereocenters. The van der Waals surface area contributed by atoms with E-state index in [1.54, 1.807) is 0 Å². The van der Waals surface area contributed by atoms with Crippen LogP contribution < -0.4 is 0 Å². The Morgan fingerprint density at radius 3 is 0.899 bits per heavy atom. The Bertz CT molecular complexity index is 1890. The van der Waals surface area contributed by atoms with Crippen LogP contribution in [0.15, 0.2) is 0 Å². The number of alkyl halides is 18. The highest BCUT2D eigenvalue weighted by atomic mass is 28.4. The van der Waals surface area contributed by atoms with Crippen molar-refractivity contribution >= 4 is 41.2 Å². The van der Waals surface area contributed by atoms with E-state index in [2.05, 4.69) is 28.4 Å². The summed E-state index contributed by atoms with van der Waals surface area (Å²) in [6.07, 6.45) is -38.4. The molecule has 0 radical (unpaired) electrons. The number of hydrogen-bond acceptors (Lipinski definition) is 20. The quantitative estimate of drug-likeness (QED) is 0.0317. The van der Waals surface area contributed by atoms with Gasteiger partial charge in [0.15, 0.2) is 0 Å². The summed E-state index contributed by atoms with van der Waals surface area (Å²) >= 11 is 0. The fraction of sp³-hybridized carbons (Fsp3) is 0.979. The summed E-state index contributed by atoms with van der Waals surface area (Å²) in [5, 5.41) is 0. The lowest BCUT2D eigenvalue weighted by atomic mass is 9.85.